The van der Waals surface area contributed by atoms with E-state index in [1.165, 1.54) is 36.5 Å². The predicted octanol–water partition coefficient (Wildman–Crippen LogP) is 3.53. The van der Waals surface area contributed by atoms with Crippen molar-refractivity contribution in [3.05, 3.63) is 88.0 Å². The Bertz CT molecular complexity index is 1670. The maximum absolute atomic E-state index is 13.6. The molecule has 2 aromatic heterocycles. The van der Waals surface area contributed by atoms with Crippen molar-refractivity contribution in [1.29, 1.82) is 0 Å². The lowest BCUT2D eigenvalue weighted by molar-refractivity contribution is -0.113. The smallest absolute Gasteiger partial charge is 0.335 e. The van der Waals surface area contributed by atoms with Gasteiger partial charge < -0.3 is 20.2 Å². The highest BCUT2D eigenvalue weighted by Gasteiger charge is 2.31. The molecule has 1 aliphatic heterocycles. The lowest BCUT2D eigenvalue weighted by atomic mass is 9.90. The lowest BCUT2D eigenvalue weighted by Gasteiger charge is -2.27. The van der Waals surface area contributed by atoms with Gasteiger partial charge in [0.05, 0.1) is 11.1 Å². The molecule has 1 atom stereocenters. The fraction of sp³-hybridized carbons (Fsp3) is 0.0800. The highest BCUT2D eigenvalue weighted by molar-refractivity contribution is 6.36. The number of carboxylic acid groups (broad SMARTS) is 1. The summed E-state index contributed by atoms with van der Waals surface area (Å²) in [7, 11) is 5.86. The number of carbonyl (C=O) groups excluding carboxylic acids is 1. The minimum atomic E-state index is -1.16. The van der Waals surface area contributed by atoms with E-state index < -0.39 is 23.7 Å². The second-order valence-corrected chi connectivity index (χ2v) is 8.68. The molecule has 1 amide bonds. The number of aliphatic imine (C=N–C) groups is 1. The van der Waals surface area contributed by atoms with Crippen LogP contribution in [0.2, 0.25) is 5.02 Å². The molecule has 13 heteroatoms. The number of amides is 1. The van der Waals surface area contributed by atoms with Crippen LogP contribution in [0, 0.1) is 5.82 Å². The summed E-state index contributed by atoms with van der Waals surface area (Å²) >= 11 is 6.48. The normalized spacial score (nSPS) is 15.1. The molecule has 2 aromatic carbocycles. The number of anilines is 2. The Hall–Kier alpha value is -4.71. The SMILES string of the molecule is [B]c1ccc(C2N=C(Nc3nc4ccc(F)cc4o3)NC(C)=C2C(=O)Nc2cc(C(=O)O)ccn2)c(Cl)c1. The predicted molar refractivity (Wildman–Crippen MR) is 140 cm³/mol. The third-order valence-electron chi connectivity index (χ3n) is 5.63. The van der Waals surface area contributed by atoms with Crippen LogP contribution in [0.3, 0.4) is 0 Å². The number of hydrogen-bond acceptors (Lipinski definition) is 8. The molecular formula is C25H17BClFN6O4. The number of halogens is 2. The summed E-state index contributed by atoms with van der Waals surface area (Å²) in [6, 6.07) is 10.5. The number of benzene rings is 2. The van der Waals surface area contributed by atoms with Gasteiger partial charge in [0, 0.05) is 23.0 Å². The Balaban J connectivity index is 1.50. The standard InChI is InChI=1S/C25H17BClFN6O4/c1-11-20(22(35)32-19-8-12(23(36)37)6-7-29-19)21(15-4-2-13(26)9-16(15)27)33-24(30-11)34-25-31-17-5-3-14(28)10-18(17)38-25/h2-10,21H,1H3,(H,36,37)(H,29,32,35)(H2,30,31,33,34). The topological polar surface area (TPSA) is 142 Å². The zero-order valence-electron chi connectivity index (χ0n) is 19.6. The number of nitrogens with zero attached hydrogens (tertiary/aromatic N) is 3. The average Bonchev–Trinajstić information content (AvgIpc) is 3.25. The van der Waals surface area contributed by atoms with E-state index in [4.69, 9.17) is 23.9 Å². The van der Waals surface area contributed by atoms with Crippen molar-refractivity contribution >= 4 is 65.7 Å². The van der Waals surface area contributed by atoms with E-state index in [0.29, 0.717) is 22.2 Å². The van der Waals surface area contributed by atoms with Gasteiger partial charge in [-0.3, -0.25) is 10.1 Å². The van der Waals surface area contributed by atoms with Crippen LogP contribution in [0.1, 0.15) is 28.9 Å². The van der Waals surface area contributed by atoms with Gasteiger partial charge in [-0.05, 0) is 36.8 Å². The summed E-state index contributed by atoms with van der Waals surface area (Å²) in [5, 5.41) is 18.1. The van der Waals surface area contributed by atoms with E-state index in [2.05, 4.69) is 30.9 Å². The number of fused-ring (bicyclic) bond motifs is 1. The number of oxazole rings is 1. The fourth-order valence-corrected chi connectivity index (χ4v) is 4.19. The molecule has 0 saturated carbocycles. The van der Waals surface area contributed by atoms with Crippen molar-refractivity contribution < 1.29 is 23.5 Å². The van der Waals surface area contributed by atoms with Crippen LogP contribution in [-0.4, -0.2) is 40.8 Å². The number of rotatable bonds is 5. The van der Waals surface area contributed by atoms with Crippen molar-refractivity contribution in [3.63, 3.8) is 0 Å². The zero-order valence-corrected chi connectivity index (χ0v) is 20.4. The third-order valence-corrected chi connectivity index (χ3v) is 5.96. The van der Waals surface area contributed by atoms with E-state index in [1.54, 1.807) is 25.1 Å². The summed E-state index contributed by atoms with van der Waals surface area (Å²) in [6.45, 7) is 1.66. The molecule has 10 nitrogen and oxygen atoms in total. The first kappa shape index (κ1) is 25.0. The largest absolute Gasteiger partial charge is 0.478 e. The van der Waals surface area contributed by atoms with E-state index in [9.17, 15) is 19.1 Å². The number of aromatic carboxylic acids is 1. The molecule has 1 unspecified atom stereocenters. The van der Waals surface area contributed by atoms with Crippen LogP contribution in [-0.2, 0) is 4.79 Å². The monoisotopic (exact) mass is 530 g/mol. The summed E-state index contributed by atoms with van der Waals surface area (Å²) in [6.07, 6.45) is 1.28. The summed E-state index contributed by atoms with van der Waals surface area (Å²) in [5.41, 5.74) is 2.16. The van der Waals surface area contributed by atoms with Gasteiger partial charge >= 0.3 is 12.0 Å². The highest BCUT2D eigenvalue weighted by atomic mass is 35.5. The van der Waals surface area contributed by atoms with Gasteiger partial charge in [-0.15, -0.1) is 0 Å². The molecular weight excluding hydrogens is 514 g/mol. The second kappa shape index (κ2) is 9.98. The number of allylic oxidation sites excluding steroid dienone is 1. The molecule has 3 heterocycles. The van der Waals surface area contributed by atoms with Gasteiger partial charge in [0.15, 0.2) is 5.58 Å². The van der Waals surface area contributed by atoms with Gasteiger partial charge in [-0.1, -0.05) is 35.3 Å². The molecule has 0 bridgehead atoms. The highest BCUT2D eigenvalue weighted by Crippen LogP contribution is 2.35. The zero-order chi connectivity index (χ0) is 27.0. The fourth-order valence-electron chi connectivity index (χ4n) is 3.89. The Kier molecular flexibility index (Phi) is 6.56. The summed E-state index contributed by atoms with van der Waals surface area (Å²) in [4.78, 5) is 37.7. The molecule has 188 valence electrons. The Morgan fingerprint density at radius 3 is 2.76 bits per heavy atom. The molecule has 4 aromatic rings. The first-order valence-corrected chi connectivity index (χ1v) is 11.5. The first-order valence-electron chi connectivity index (χ1n) is 11.1. The molecule has 0 saturated heterocycles. The molecule has 0 aliphatic carbocycles. The Morgan fingerprint density at radius 2 is 2.00 bits per heavy atom. The first-order chi connectivity index (χ1) is 18.2. The molecule has 0 fully saturated rings. The van der Waals surface area contributed by atoms with E-state index in [1.807, 2.05) is 0 Å². The van der Waals surface area contributed by atoms with Gasteiger partial charge in [-0.2, -0.15) is 4.98 Å². The quantitative estimate of drug-likeness (QED) is 0.287. The number of guanidine groups is 1. The number of carboxylic acids is 1. The van der Waals surface area contributed by atoms with Crippen molar-refractivity contribution in [2.75, 3.05) is 10.6 Å². The lowest BCUT2D eigenvalue weighted by Crippen LogP contribution is -2.37. The minimum absolute atomic E-state index is 0.0383. The average molecular weight is 531 g/mol. The van der Waals surface area contributed by atoms with Crippen LogP contribution < -0.4 is 21.4 Å². The van der Waals surface area contributed by atoms with Crippen molar-refractivity contribution in [3.8, 4) is 0 Å². The van der Waals surface area contributed by atoms with Gasteiger partial charge in [0.1, 0.15) is 31.0 Å². The van der Waals surface area contributed by atoms with Crippen LogP contribution >= 0.6 is 11.6 Å². The number of hydrogen-bond donors (Lipinski definition) is 4. The molecule has 2 radical (unpaired) electrons. The van der Waals surface area contributed by atoms with Crippen molar-refractivity contribution in [1.82, 2.24) is 15.3 Å². The number of nitrogens with one attached hydrogen (secondary N) is 3. The molecule has 38 heavy (non-hydrogen) atoms. The molecule has 5 rings (SSSR count). The van der Waals surface area contributed by atoms with Crippen LogP contribution in [0.4, 0.5) is 16.2 Å². The maximum atomic E-state index is 13.6. The van der Waals surface area contributed by atoms with Gasteiger partial charge in [0.25, 0.3) is 5.91 Å². The third kappa shape index (κ3) is 5.07. The molecule has 1 aliphatic rings. The van der Waals surface area contributed by atoms with Crippen LogP contribution in [0.5, 0.6) is 0 Å². The van der Waals surface area contributed by atoms with E-state index in [-0.39, 0.29) is 39.5 Å². The van der Waals surface area contributed by atoms with E-state index in [0.717, 1.165) is 0 Å². The number of carbonyl (C=O) groups is 2. The van der Waals surface area contributed by atoms with Crippen LogP contribution in [0.15, 0.2) is 75.4 Å². The molecule has 0 spiro atoms. The Labute approximate surface area is 221 Å². The maximum Gasteiger partial charge on any atom is 0.335 e. The number of aromatic nitrogens is 2. The second-order valence-electron chi connectivity index (χ2n) is 8.27. The van der Waals surface area contributed by atoms with Crippen LogP contribution in [0.25, 0.3) is 11.1 Å². The van der Waals surface area contributed by atoms with Crippen molar-refractivity contribution in [2.45, 2.75) is 13.0 Å². The van der Waals surface area contributed by atoms with Gasteiger partial charge in [0.2, 0.25) is 5.96 Å². The Morgan fingerprint density at radius 1 is 1.18 bits per heavy atom. The van der Waals surface area contributed by atoms with Gasteiger partial charge in [-0.25, -0.2) is 19.2 Å². The van der Waals surface area contributed by atoms with E-state index >= 15 is 0 Å². The molecule has 4 N–H and O–H groups in total. The number of pyridine rings is 1. The minimum Gasteiger partial charge on any atom is -0.478 e. The summed E-state index contributed by atoms with van der Waals surface area (Å²) in [5.74, 6) is -1.97. The van der Waals surface area contributed by atoms with Crippen molar-refractivity contribution in [2.24, 2.45) is 4.99 Å². The summed E-state index contributed by atoms with van der Waals surface area (Å²) < 4.78 is 19.1.